The number of rotatable bonds is 6. The molecule has 12 heteroatoms. The molecular weight excluding hydrogens is 397 g/mol. The Balaban J connectivity index is 1.91. The van der Waals surface area contributed by atoms with Gasteiger partial charge in [-0.2, -0.15) is 18.3 Å². The number of amides is 2. The Kier molecular flexibility index (Phi) is 6.49. The van der Waals surface area contributed by atoms with E-state index in [1.165, 1.54) is 12.1 Å². The topological polar surface area (TPSA) is 134 Å². The smallest absolute Gasteiger partial charge is 0.416 e. The van der Waals surface area contributed by atoms with Gasteiger partial charge in [-0.05, 0) is 30.3 Å². The zero-order valence-electron chi connectivity index (χ0n) is 14.4. The fraction of sp³-hybridized carbons (Fsp3) is 0.118. The minimum Gasteiger partial charge on any atom is -0.502 e. The van der Waals surface area contributed by atoms with Gasteiger partial charge in [0.1, 0.15) is 6.42 Å². The summed E-state index contributed by atoms with van der Waals surface area (Å²) < 4.78 is 37.9. The van der Waals surface area contributed by atoms with Crippen LogP contribution in [0.5, 0.6) is 5.75 Å². The number of phenols is 1. The van der Waals surface area contributed by atoms with Crippen molar-refractivity contribution in [1.29, 1.82) is 0 Å². The molecule has 2 amide bonds. The van der Waals surface area contributed by atoms with Crippen LogP contribution in [0, 0.1) is 10.1 Å². The fourth-order valence-corrected chi connectivity index (χ4v) is 2.11. The molecule has 0 aromatic heterocycles. The Morgan fingerprint density at radius 3 is 2.55 bits per heavy atom. The number of hydrazone groups is 1. The average Bonchev–Trinajstić information content (AvgIpc) is 2.62. The molecule has 0 fully saturated rings. The molecule has 2 rings (SSSR count). The van der Waals surface area contributed by atoms with E-state index in [2.05, 4.69) is 10.4 Å². The molecule has 0 aliphatic rings. The number of halogens is 3. The second kappa shape index (κ2) is 8.82. The van der Waals surface area contributed by atoms with Crippen LogP contribution in [0.25, 0.3) is 0 Å². The highest BCUT2D eigenvalue weighted by Crippen LogP contribution is 2.30. The molecule has 29 heavy (non-hydrogen) atoms. The van der Waals surface area contributed by atoms with Crippen molar-refractivity contribution in [2.24, 2.45) is 5.10 Å². The lowest BCUT2D eigenvalue weighted by atomic mass is 10.2. The van der Waals surface area contributed by atoms with E-state index in [-0.39, 0.29) is 11.3 Å². The molecule has 0 spiro atoms. The van der Waals surface area contributed by atoms with Gasteiger partial charge >= 0.3 is 11.9 Å². The number of hydrogen-bond donors (Lipinski definition) is 3. The minimum absolute atomic E-state index is 0.127. The third kappa shape index (κ3) is 6.30. The summed E-state index contributed by atoms with van der Waals surface area (Å²) in [5.41, 5.74) is 0.568. The van der Waals surface area contributed by atoms with Crippen LogP contribution < -0.4 is 10.7 Å². The summed E-state index contributed by atoms with van der Waals surface area (Å²) in [5.74, 6) is -2.27. The van der Waals surface area contributed by atoms with E-state index in [1.54, 1.807) is 0 Å². The third-order valence-electron chi connectivity index (χ3n) is 3.39. The second-order valence-corrected chi connectivity index (χ2v) is 5.60. The monoisotopic (exact) mass is 410 g/mol. The van der Waals surface area contributed by atoms with Crippen LogP contribution in [0.2, 0.25) is 0 Å². The Morgan fingerprint density at radius 2 is 1.90 bits per heavy atom. The highest BCUT2D eigenvalue weighted by molar-refractivity contribution is 6.03. The second-order valence-electron chi connectivity index (χ2n) is 5.60. The number of carbonyl (C=O) groups excluding carboxylic acids is 2. The maximum atomic E-state index is 12.6. The number of benzene rings is 2. The van der Waals surface area contributed by atoms with Crippen LogP contribution in [0.1, 0.15) is 17.5 Å². The molecule has 0 aliphatic carbocycles. The predicted molar refractivity (Wildman–Crippen MR) is 95.2 cm³/mol. The Morgan fingerprint density at radius 1 is 1.17 bits per heavy atom. The van der Waals surface area contributed by atoms with E-state index in [4.69, 9.17) is 0 Å². The van der Waals surface area contributed by atoms with Crippen molar-refractivity contribution in [2.75, 3.05) is 5.32 Å². The summed E-state index contributed by atoms with van der Waals surface area (Å²) in [6.07, 6.45) is -4.24. The molecule has 9 nitrogen and oxygen atoms in total. The van der Waals surface area contributed by atoms with Crippen molar-refractivity contribution >= 4 is 29.4 Å². The summed E-state index contributed by atoms with van der Waals surface area (Å²) >= 11 is 0. The highest BCUT2D eigenvalue weighted by Gasteiger charge is 2.30. The largest absolute Gasteiger partial charge is 0.502 e. The van der Waals surface area contributed by atoms with Gasteiger partial charge in [0.05, 0.1) is 16.7 Å². The summed E-state index contributed by atoms with van der Waals surface area (Å²) in [5, 5.41) is 25.8. The number of nitrogens with one attached hydrogen (secondary N) is 2. The van der Waals surface area contributed by atoms with Gasteiger partial charge in [0.2, 0.25) is 11.8 Å². The zero-order valence-corrected chi connectivity index (χ0v) is 14.4. The van der Waals surface area contributed by atoms with Gasteiger partial charge in [-0.15, -0.1) is 0 Å². The third-order valence-corrected chi connectivity index (χ3v) is 3.39. The lowest BCUT2D eigenvalue weighted by Gasteiger charge is -2.09. The standard InChI is InChI=1S/C17H13F3N4O5/c18-17(19,20)11-2-1-3-12(7-11)22-15(26)8-16(27)23-21-9-10-4-5-14(25)13(6-10)24(28)29/h1-7,9,25H,8H2,(H,22,26)(H,23,27). The van der Waals surface area contributed by atoms with Crippen molar-refractivity contribution in [3.63, 3.8) is 0 Å². The Bertz CT molecular complexity index is 976. The number of nitro benzene ring substituents is 1. The number of carbonyl (C=O) groups is 2. The number of nitrogens with zero attached hydrogens (tertiary/aromatic N) is 2. The fourth-order valence-electron chi connectivity index (χ4n) is 2.11. The van der Waals surface area contributed by atoms with E-state index < -0.39 is 46.3 Å². The van der Waals surface area contributed by atoms with Gasteiger partial charge in [0, 0.05) is 17.3 Å². The van der Waals surface area contributed by atoms with Gasteiger partial charge in [-0.1, -0.05) is 6.07 Å². The molecule has 0 bridgehead atoms. The maximum Gasteiger partial charge on any atom is 0.416 e. The molecule has 2 aromatic rings. The molecule has 2 aromatic carbocycles. The van der Waals surface area contributed by atoms with E-state index in [0.717, 1.165) is 36.5 Å². The summed E-state index contributed by atoms with van der Waals surface area (Å²) in [4.78, 5) is 33.4. The summed E-state index contributed by atoms with van der Waals surface area (Å²) in [6.45, 7) is 0. The van der Waals surface area contributed by atoms with Crippen molar-refractivity contribution in [2.45, 2.75) is 12.6 Å². The number of nitro groups is 1. The van der Waals surface area contributed by atoms with Crippen LogP contribution in [0.3, 0.4) is 0 Å². The Hall–Kier alpha value is -3.96. The van der Waals surface area contributed by atoms with Crippen molar-refractivity contribution in [1.82, 2.24) is 5.43 Å². The normalized spacial score (nSPS) is 11.3. The molecule has 0 aliphatic heterocycles. The van der Waals surface area contributed by atoms with Gasteiger partial charge in [0.25, 0.3) is 0 Å². The number of hydrogen-bond acceptors (Lipinski definition) is 6. The van der Waals surface area contributed by atoms with Crippen molar-refractivity contribution in [3.05, 3.63) is 63.7 Å². The van der Waals surface area contributed by atoms with Crippen LogP contribution in [0.4, 0.5) is 24.5 Å². The van der Waals surface area contributed by atoms with Gasteiger partial charge in [-0.25, -0.2) is 5.43 Å². The molecule has 0 radical (unpaired) electrons. The molecule has 0 heterocycles. The van der Waals surface area contributed by atoms with Crippen molar-refractivity contribution in [3.8, 4) is 5.75 Å². The van der Waals surface area contributed by atoms with E-state index in [9.17, 15) is 38.0 Å². The van der Waals surface area contributed by atoms with Crippen LogP contribution in [0.15, 0.2) is 47.6 Å². The number of alkyl halides is 3. The van der Waals surface area contributed by atoms with Crippen LogP contribution in [-0.4, -0.2) is 28.1 Å². The summed E-state index contributed by atoms with van der Waals surface area (Å²) in [7, 11) is 0. The molecule has 0 unspecified atom stereocenters. The molecular formula is C17H13F3N4O5. The van der Waals surface area contributed by atoms with Gasteiger partial charge in [-0.3, -0.25) is 19.7 Å². The molecule has 3 N–H and O–H groups in total. The SMILES string of the molecule is O=C(CC(=O)Nc1cccc(C(F)(F)F)c1)NN=Cc1ccc(O)c([N+](=O)[O-])c1. The number of phenolic OH excluding ortho intramolecular Hbond substituents is 1. The number of aromatic hydroxyl groups is 1. The van der Waals surface area contributed by atoms with Gasteiger partial charge in [0.15, 0.2) is 5.75 Å². The van der Waals surface area contributed by atoms with E-state index >= 15 is 0 Å². The predicted octanol–water partition coefficient (Wildman–Crippen LogP) is 2.80. The van der Waals surface area contributed by atoms with Crippen LogP contribution >= 0.6 is 0 Å². The lowest BCUT2D eigenvalue weighted by Crippen LogP contribution is -2.24. The summed E-state index contributed by atoms with van der Waals surface area (Å²) in [6, 6.07) is 7.31. The quantitative estimate of drug-likeness (QED) is 0.291. The Labute approximate surface area is 161 Å². The minimum atomic E-state index is -4.57. The molecule has 0 saturated heterocycles. The van der Waals surface area contributed by atoms with Crippen LogP contribution in [-0.2, 0) is 15.8 Å². The first kappa shape index (κ1) is 21.3. The van der Waals surface area contributed by atoms with E-state index in [1.807, 2.05) is 5.43 Å². The van der Waals surface area contributed by atoms with E-state index in [0.29, 0.717) is 0 Å². The lowest BCUT2D eigenvalue weighted by molar-refractivity contribution is -0.385. The number of anilines is 1. The molecule has 0 atom stereocenters. The first-order valence-corrected chi connectivity index (χ1v) is 7.82. The molecule has 152 valence electrons. The highest BCUT2D eigenvalue weighted by atomic mass is 19.4. The maximum absolute atomic E-state index is 12.6. The van der Waals surface area contributed by atoms with Crippen molar-refractivity contribution < 1.29 is 32.8 Å². The average molecular weight is 410 g/mol. The van der Waals surface area contributed by atoms with Gasteiger partial charge < -0.3 is 10.4 Å². The zero-order chi connectivity index (χ0) is 21.6. The first-order valence-electron chi connectivity index (χ1n) is 7.82. The first-order chi connectivity index (χ1) is 13.6. The molecule has 0 saturated carbocycles.